The van der Waals surface area contributed by atoms with E-state index in [0.29, 0.717) is 22.6 Å². The number of oxime groups is 2. The molecule has 0 N–H and O–H groups in total. The smallest absolute Gasteiger partial charge is 0.406 e. The fourth-order valence-electron chi connectivity index (χ4n) is 3.14. The molecule has 0 fully saturated rings. The van der Waals surface area contributed by atoms with E-state index in [-0.39, 0.29) is 12.2 Å². The minimum Gasteiger partial charge on any atom is -0.406 e. The average molecular weight is 484 g/mol. The van der Waals surface area contributed by atoms with Crippen molar-refractivity contribution in [3.63, 3.8) is 0 Å². The maximum Gasteiger partial charge on any atom is 0.573 e. The summed E-state index contributed by atoms with van der Waals surface area (Å²) in [5.74, 6) is -0.338. The summed E-state index contributed by atoms with van der Waals surface area (Å²) < 4.78 is 40.6. The largest absolute Gasteiger partial charge is 0.573 e. The third kappa shape index (κ3) is 7.99. The number of carbonyl (C=O) groups excluding carboxylic acids is 1. The molecule has 3 aromatic carbocycles. The van der Waals surface area contributed by atoms with Gasteiger partial charge in [-0.25, -0.2) is 4.79 Å². The lowest BCUT2D eigenvalue weighted by Crippen LogP contribution is -2.17. The van der Waals surface area contributed by atoms with Gasteiger partial charge >= 0.3 is 12.3 Å². The number of ether oxygens (including phenoxy) is 1. The van der Waals surface area contributed by atoms with Crippen molar-refractivity contribution >= 4 is 17.9 Å². The summed E-state index contributed by atoms with van der Waals surface area (Å²) in [6, 6.07) is 17.8. The molecule has 0 aliphatic heterocycles. The van der Waals surface area contributed by atoms with Crippen molar-refractivity contribution in [1.82, 2.24) is 0 Å². The van der Waals surface area contributed by atoms with Crippen molar-refractivity contribution in [3.05, 3.63) is 94.5 Å². The Bertz CT molecular complexity index is 1200. The van der Waals surface area contributed by atoms with Crippen LogP contribution < -0.4 is 9.57 Å². The molecule has 0 heterocycles. The number of halogens is 3. The molecule has 0 amide bonds. The lowest BCUT2D eigenvalue weighted by Gasteiger charge is -2.09. The normalized spacial score (nSPS) is 12.0. The van der Waals surface area contributed by atoms with E-state index in [2.05, 4.69) is 15.0 Å². The molecule has 0 spiro atoms. The lowest BCUT2D eigenvalue weighted by atomic mass is 10.0. The molecule has 0 saturated carbocycles. The first-order chi connectivity index (χ1) is 16.6. The highest BCUT2D eigenvalue weighted by molar-refractivity contribution is 5.98. The maximum absolute atomic E-state index is 12.3. The number of hydrogen-bond acceptors (Lipinski definition) is 6. The molecule has 9 heteroatoms. The van der Waals surface area contributed by atoms with Gasteiger partial charge in [-0.2, -0.15) is 0 Å². The molecule has 35 heavy (non-hydrogen) atoms. The minimum absolute atomic E-state index is 0.137. The molecule has 0 aliphatic rings. The third-order valence-corrected chi connectivity index (χ3v) is 5.00. The third-order valence-electron chi connectivity index (χ3n) is 5.00. The molecule has 0 atom stereocenters. The molecule has 6 nitrogen and oxygen atoms in total. The Hall–Kier alpha value is -4.14. The summed E-state index contributed by atoms with van der Waals surface area (Å²) in [4.78, 5) is 22.4. The van der Waals surface area contributed by atoms with Crippen LogP contribution in [0.1, 0.15) is 34.7 Å². The molecule has 0 saturated heterocycles. The predicted octanol–water partition coefficient (Wildman–Crippen LogP) is 6.12. The summed E-state index contributed by atoms with van der Waals surface area (Å²) >= 11 is 0. The van der Waals surface area contributed by atoms with Crippen LogP contribution in [-0.4, -0.2) is 24.3 Å². The van der Waals surface area contributed by atoms with Crippen molar-refractivity contribution in [2.24, 2.45) is 10.3 Å². The number of nitrogens with zero attached hydrogens (tertiary/aromatic N) is 2. The van der Waals surface area contributed by atoms with Gasteiger partial charge in [0.1, 0.15) is 5.75 Å². The van der Waals surface area contributed by atoms with Crippen LogP contribution in [-0.2, 0) is 16.1 Å². The first kappa shape index (κ1) is 25.5. The molecule has 3 aromatic rings. The monoisotopic (exact) mass is 484 g/mol. The van der Waals surface area contributed by atoms with Crippen LogP contribution in [0.4, 0.5) is 13.2 Å². The van der Waals surface area contributed by atoms with Crippen LogP contribution in [0.25, 0.3) is 0 Å². The predicted molar refractivity (Wildman–Crippen MR) is 126 cm³/mol. The van der Waals surface area contributed by atoms with Crippen molar-refractivity contribution in [3.8, 4) is 11.5 Å². The molecule has 0 unspecified atom stereocenters. The van der Waals surface area contributed by atoms with E-state index in [9.17, 15) is 18.0 Å². The van der Waals surface area contributed by atoms with Crippen molar-refractivity contribution in [2.45, 2.75) is 33.6 Å². The molecule has 0 aliphatic carbocycles. The van der Waals surface area contributed by atoms with Crippen molar-refractivity contribution in [1.29, 1.82) is 0 Å². The molecule has 0 radical (unpaired) electrons. The van der Waals surface area contributed by atoms with E-state index < -0.39 is 12.3 Å². The summed E-state index contributed by atoms with van der Waals surface area (Å²) in [6.07, 6.45) is -3.20. The average Bonchev–Trinajstić information content (AvgIpc) is 2.80. The van der Waals surface area contributed by atoms with E-state index in [1.54, 1.807) is 31.2 Å². The van der Waals surface area contributed by atoms with E-state index >= 15 is 0 Å². The number of carbonyl (C=O) groups is 1. The quantitative estimate of drug-likeness (QED) is 0.219. The van der Waals surface area contributed by atoms with Crippen LogP contribution in [0.15, 0.2) is 77.0 Å². The Morgan fingerprint density at radius 3 is 2.11 bits per heavy atom. The molecular weight excluding hydrogens is 461 g/mol. The Morgan fingerprint density at radius 1 is 0.914 bits per heavy atom. The fraction of sp³-hybridized carbons (Fsp3) is 0.192. The highest BCUT2D eigenvalue weighted by Crippen LogP contribution is 2.23. The molecule has 182 valence electrons. The van der Waals surface area contributed by atoms with E-state index in [1.807, 2.05) is 32.0 Å². The fourth-order valence-corrected chi connectivity index (χ4v) is 3.14. The first-order valence-corrected chi connectivity index (χ1v) is 10.6. The number of aryl methyl sites for hydroxylation is 2. The first-order valence-electron chi connectivity index (χ1n) is 10.6. The maximum atomic E-state index is 12.3. The van der Waals surface area contributed by atoms with Gasteiger partial charge in [-0.05, 0) is 97.1 Å². The van der Waals surface area contributed by atoms with Crippen LogP contribution >= 0.6 is 0 Å². The molecular formula is C26H23F3N2O4. The van der Waals surface area contributed by atoms with Gasteiger partial charge in [-0.3, -0.25) is 0 Å². The zero-order valence-corrected chi connectivity index (χ0v) is 19.3. The van der Waals surface area contributed by atoms with E-state index in [0.717, 1.165) is 16.7 Å². The zero-order chi connectivity index (χ0) is 25.4. The summed E-state index contributed by atoms with van der Waals surface area (Å²) in [5.41, 5.74) is 4.68. The molecule has 0 bridgehead atoms. The second-order valence-corrected chi connectivity index (χ2v) is 7.65. The van der Waals surface area contributed by atoms with Gasteiger partial charge in [-0.15, -0.1) is 13.2 Å². The van der Waals surface area contributed by atoms with Gasteiger partial charge < -0.3 is 14.4 Å². The Balaban J connectivity index is 1.51. The van der Waals surface area contributed by atoms with Crippen LogP contribution in [0.3, 0.4) is 0 Å². The second-order valence-electron chi connectivity index (χ2n) is 7.65. The van der Waals surface area contributed by atoms with E-state index in [1.165, 1.54) is 30.5 Å². The Labute approximate surface area is 200 Å². The highest BCUT2D eigenvalue weighted by atomic mass is 19.4. The van der Waals surface area contributed by atoms with Crippen molar-refractivity contribution < 1.29 is 32.4 Å². The van der Waals surface area contributed by atoms with Gasteiger partial charge in [0.2, 0.25) is 0 Å². The topological polar surface area (TPSA) is 69.5 Å². The van der Waals surface area contributed by atoms with Gasteiger partial charge in [0.05, 0.1) is 18.3 Å². The zero-order valence-electron chi connectivity index (χ0n) is 19.3. The minimum atomic E-state index is -4.74. The van der Waals surface area contributed by atoms with Gasteiger partial charge in [0, 0.05) is 0 Å². The number of alkyl halides is 3. The van der Waals surface area contributed by atoms with Gasteiger partial charge in [0.25, 0.3) is 0 Å². The van der Waals surface area contributed by atoms with Crippen LogP contribution in [0.5, 0.6) is 11.5 Å². The van der Waals surface area contributed by atoms with Crippen LogP contribution in [0, 0.1) is 13.8 Å². The summed E-state index contributed by atoms with van der Waals surface area (Å²) in [7, 11) is 0. The van der Waals surface area contributed by atoms with E-state index in [4.69, 9.17) is 9.68 Å². The van der Waals surface area contributed by atoms with Crippen molar-refractivity contribution in [2.75, 3.05) is 0 Å². The van der Waals surface area contributed by atoms with Gasteiger partial charge in [-0.1, -0.05) is 28.5 Å². The second kappa shape index (κ2) is 11.3. The molecule has 0 aromatic heterocycles. The standard InChI is InChI=1S/C26H23F3N2O4/c1-17-5-4-6-18(2)24(17)15-25(32)35-30-16-20-7-11-23(12-8-20)34-31-19(3)21-9-13-22(14-10-21)33-26(27,28)29/h4-14,16H,15H2,1-3H3/b30-16+,31-19+. The number of hydrogen-bond donors (Lipinski definition) is 0. The number of benzene rings is 3. The summed E-state index contributed by atoms with van der Waals surface area (Å²) in [5, 5.41) is 7.73. The lowest BCUT2D eigenvalue weighted by molar-refractivity contribution is -0.274. The molecule has 3 rings (SSSR count). The SMILES string of the molecule is C/C(=N\Oc1ccc(/C=N/OC(=O)Cc2c(C)cccc2C)cc1)c1ccc(OC(F)(F)F)cc1. The Morgan fingerprint density at radius 2 is 1.51 bits per heavy atom. The van der Waals surface area contributed by atoms with Crippen LogP contribution in [0.2, 0.25) is 0 Å². The summed E-state index contributed by atoms with van der Waals surface area (Å²) in [6.45, 7) is 5.54. The highest BCUT2D eigenvalue weighted by Gasteiger charge is 2.30. The van der Waals surface area contributed by atoms with Gasteiger partial charge in [0.15, 0.2) is 5.75 Å². The number of rotatable bonds is 8. The Kier molecular flexibility index (Phi) is 8.25.